The molecule has 0 radical (unpaired) electrons. The molecule has 0 N–H and O–H groups in total. The van der Waals surface area contributed by atoms with Crippen LogP contribution in [0.1, 0.15) is 22.4 Å². The number of nitriles is 1. The van der Waals surface area contributed by atoms with Crippen molar-refractivity contribution in [2.24, 2.45) is 0 Å². The zero-order valence-corrected chi connectivity index (χ0v) is 13.8. The summed E-state index contributed by atoms with van der Waals surface area (Å²) in [6.45, 7) is 2.51. The van der Waals surface area contributed by atoms with Crippen LogP contribution in [-0.4, -0.2) is 26.4 Å². The van der Waals surface area contributed by atoms with Gasteiger partial charge in [0.2, 0.25) is 0 Å². The maximum atomic E-state index is 9.25. The highest BCUT2D eigenvalue weighted by atomic mass is 15.1. The van der Waals surface area contributed by atoms with E-state index in [2.05, 4.69) is 20.9 Å². The minimum atomic E-state index is 0.748. The second-order valence-electron chi connectivity index (χ2n) is 6.13. The van der Waals surface area contributed by atoms with E-state index in [1.807, 2.05) is 42.6 Å². The van der Waals surface area contributed by atoms with Gasteiger partial charge >= 0.3 is 0 Å². The SMILES string of the molecule is N#Cc1ccccc1CN1CCc2nc(-c3ccncc3)ncc2C1. The van der Waals surface area contributed by atoms with E-state index in [9.17, 15) is 5.26 Å². The first-order valence-electron chi connectivity index (χ1n) is 8.29. The first-order valence-corrected chi connectivity index (χ1v) is 8.29. The van der Waals surface area contributed by atoms with Gasteiger partial charge in [-0.2, -0.15) is 5.26 Å². The van der Waals surface area contributed by atoms with Crippen molar-refractivity contribution in [3.8, 4) is 17.5 Å². The van der Waals surface area contributed by atoms with Gasteiger partial charge in [-0.05, 0) is 23.8 Å². The topological polar surface area (TPSA) is 65.7 Å². The highest BCUT2D eigenvalue weighted by Gasteiger charge is 2.19. The first-order chi connectivity index (χ1) is 12.3. The zero-order valence-electron chi connectivity index (χ0n) is 13.8. The van der Waals surface area contributed by atoms with Crippen LogP contribution >= 0.6 is 0 Å². The number of nitrogens with zero attached hydrogens (tertiary/aromatic N) is 5. The van der Waals surface area contributed by atoms with Gasteiger partial charge in [0.1, 0.15) is 0 Å². The molecule has 5 nitrogen and oxygen atoms in total. The average molecular weight is 327 g/mol. The molecular weight excluding hydrogens is 310 g/mol. The third-order valence-corrected chi connectivity index (χ3v) is 4.48. The van der Waals surface area contributed by atoms with Crippen LogP contribution in [0.3, 0.4) is 0 Å². The summed E-state index contributed by atoms with van der Waals surface area (Å²) in [6, 6.07) is 13.9. The van der Waals surface area contributed by atoms with Crippen LogP contribution in [0, 0.1) is 11.3 Å². The molecule has 0 amide bonds. The second kappa shape index (κ2) is 6.80. The number of rotatable bonds is 3. The van der Waals surface area contributed by atoms with Crippen molar-refractivity contribution in [1.82, 2.24) is 19.9 Å². The van der Waals surface area contributed by atoms with E-state index in [-0.39, 0.29) is 0 Å². The van der Waals surface area contributed by atoms with E-state index >= 15 is 0 Å². The first kappa shape index (κ1) is 15.4. The fourth-order valence-corrected chi connectivity index (χ4v) is 3.16. The summed E-state index contributed by atoms with van der Waals surface area (Å²) in [5.41, 5.74) is 5.09. The van der Waals surface area contributed by atoms with Crippen molar-refractivity contribution in [3.63, 3.8) is 0 Å². The van der Waals surface area contributed by atoms with Crippen molar-refractivity contribution in [2.45, 2.75) is 19.5 Å². The Balaban J connectivity index is 1.53. The van der Waals surface area contributed by atoms with E-state index in [1.54, 1.807) is 12.4 Å². The molecule has 0 atom stereocenters. The molecule has 25 heavy (non-hydrogen) atoms. The molecule has 3 aromatic rings. The molecule has 0 saturated carbocycles. The summed E-state index contributed by atoms with van der Waals surface area (Å²) in [4.78, 5) is 15.6. The number of hydrogen-bond acceptors (Lipinski definition) is 5. The van der Waals surface area contributed by atoms with Crippen LogP contribution in [0.25, 0.3) is 11.4 Å². The molecule has 1 aliphatic heterocycles. The molecular formula is C20H17N5. The van der Waals surface area contributed by atoms with E-state index in [0.717, 1.165) is 54.3 Å². The summed E-state index contributed by atoms with van der Waals surface area (Å²) in [7, 11) is 0. The van der Waals surface area contributed by atoms with Gasteiger partial charge < -0.3 is 0 Å². The van der Waals surface area contributed by atoms with Crippen LogP contribution in [0.5, 0.6) is 0 Å². The standard InChI is InChI=1S/C20H17N5/c21-11-16-3-1-2-4-17(16)13-25-10-7-19-18(14-25)12-23-20(24-19)15-5-8-22-9-6-15/h1-6,8-9,12H,7,10,13-14H2. The van der Waals surface area contributed by atoms with Crippen molar-refractivity contribution in [3.05, 3.63) is 77.4 Å². The molecule has 3 heterocycles. The Bertz CT molecular complexity index is 930. The van der Waals surface area contributed by atoms with E-state index in [1.165, 1.54) is 5.56 Å². The lowest BCUT2D eigenvalue weighted by atomic mass is 10.0. The highest BCUT2D eigenvalue weighted by molar-refractivity contribution is 5.54. The summed E-state index contributed by atoms with van der Waals surface area (Å²) in [5, 5.41) is 9.25. The van der Waals surface area contributed by atoms with Gasteiger partial charge in [-0.3, -0.25) is 9.88 Å². The van der Waals surface area contributed by atoms with Gasteiger partial charge in [0, 0.05) is 55.8 Å². The van der Waals surface area contributed by atoms with Gasteiger partial charge in [0.15, 0.2) is 5.82 Å². The molecule has 2 aromatic heterocycles. The maximum absolute atomic E-state index is 9.25. The smallest absolute Gasteiger partial charge is 0.159 e. The minimum Gasteiger partial charge on any atom is -0.294 e. The quantitative estimate of drug-likeness (QED) is 0.740. The Labute approximate surface area is 146 Å². The molecule has 0 unspecified atom stereocenters. The lowest BCUT2D eigenvalue weighted by Crippen LogP contribution is -2.31. The Morgan fingerprint density at radius 3 is 2.80 bits per heavy atom. The van der Waals surface area contributed by atoms with Gasteiger partial charge in [-0.1, -0.05) is 18.2 Å². The third kappa shape index (κ3) is 3.25. The molecule has 0 fully saturated rings. The lowest BCUT2D eigenvalue weighted by molar-refractivity contribution is 0.243. The number of pyridine rings is 1. The number of fused-ring (bicyclic) bond motifs is 1. The molecule has 0 aliphatic carbocycles. The van der Waals surface area contributed by atoms with Crippen LogP contribution in [-0.2, 0) is 19.5 Å². The lowest BCUT2D eigenvalue weighted by Gasteiger charge is -2.28. The van der Waals surface area contributed by atoms with Crippen molar-refractivity contribution in [1.29, 1.82) is 5.26 Å². The van der Waals surface area contributed by atoms with E-state index < -0.39 is 0 Å². The fourth-order valence-electron chi connectivity index (χ4n) is 3.16. The molecule has 4 rings (SSSR count). The van der Waals surface area contributed by atoms with Crippen LogP contribution in [0.2, 0.25) is 0 Å². The minimum absolute atomic E-state index is 0.748. The zero-order chi connectivity index (χ0) is 17.1. The summed E-state index contributed by atoms with van der Waals surface area (Å²) < 4.78 is 0. The third-order valence-electron chi connectivity index (χ3n) is 4.48. The fraction of sp³-hybridized carbons (Fsp3) is 0.200. The summed E-state index contributed by atoms with van der Waals surface area (Å²) in [5.74, 6) is 0.754. The molecule has 122 valence electrons. The maximum Gasteiger partial charge on any atom is 0.159 e. The Hall–Kier alpha value is -3.10. The van der Waals surface area contributed by atoms with Gasteiger partial charge in [0.25, 0.3) is 0 Å². The van der Waals surface area contributed by atoms with Crippen molar-refractivity contribution < 1.29 is 0 Å². The molecule has 1 aromatic carbocycles. The average Bonchev–Trinajstić information content (AvgIpc) is 2.68. The number of aromatic nitrogens is 3. The predicted octanol–water partition coefficient (Wildman–Crippen LogP) is 2.97. The Morgan fingerprint density at radius 2 is 1.96 bits per heavy atom. The molecule has 0 bridgehead atoms. The number of hydrogen-bond donors (Lipinski definition) is 0. The normalized spacial score (nSPS) is 13.9. The molecule has 5 heteroatoms. The number of benzene rings is 1. The van der Waals surface area contributed by atoms with Crippen LogP contribution in [0.4, 0.5) is 0 Å². The second-order valence-corrected chi connectivity index (χ2v) is 6.13. The van der Waals surface area contributed by atoms with Crippen LogP contribution in [0.15, 0.2) is 55.0 Å². The Morgan fingerprint density at radius 1 is 1.12 bits per heavy atom. The van der Waals surface area contributed by atoms with E-state index in [4.69, 9.17) is 4.98 Å². The Kier molecular flexibility index (Phi) is 4.19. The predicted molar refractivity (Wildman–Crippen MR) is 94.2 cm³/mol. The summed E-state index contributed by atoms with van der Waals surface area (Å²) >= 11 is 0. The van der Waals surface area contributed by atoms with Gasteiger partial charge in [0.05, 0.1) is 17.3 Å². The van der Waals surface area contributed by atoms with Crippen LogP contribution < -0.4 is 0 Å². The molecule has 0 saturated heterocycles. The molecule has 0 spiro atoms. The molecule has 1 aliphatic rings. The van der Waals surface area contributed by atoms with Gasteiger partial charge in [-0.15, -0.1) is 0 Å². The van der Waals surface area contributed by atoms with Crippen molar-refractivity contribution >= 4 is 0 Å². The van der Waals surface area contributed by atoms with Crippen molar-refractivity contribution in [2.75, 3.05) is 6.54 Å². The highest BCUT2D eigenvalue weighted by Crippen LogP contribution is 2.22. The monoisotopic (exact) mass is 327 g/mol. The van der Waals surface area contributed by atoms with E-state index in [0.29, 0.717) is 0 Å². The summed E-state index contributed by atoms with van der Waals surface area (Å²) in [6.07, 6.45) is 6.34. The van der Waals surface area contributed by atoms with Gasteiger partial charge in [-0.25, -0.2) is 9.97 Å². The largest absolute Gasteiger partial charge is 0.294 e.